The third-order valence-electron chi connectivity index (χ3n) is 5.28. The van der Waals surface area contributed by atoms with Crippen LogP contribution in [0.4, 0.5) is 4.39 Å². The van der Waals surface area contributed by atoms with E-state index >= 15 is 0 Å². The van der Waals surface area contributed by atoms with Gasteiger partial charge in [0.15, 0.2) is 11.9 Å². The molecular weight excluding hydrogens is 385 g/mol. The first-order valence-electron chi connectivity index (χ1n) is 10.3. The van der Waals surface area contributed by atoms with E-state index in [2.05, 4.69) is 5.32 Å². The molecule has 5 nitrogen and oxygen atoms in total. The Balaban J connectivity index is 1.42. The van der Waals surface area contributed by atoms with Crippen molar-refractivity contribution in [3.8, 4) is 0 Å². The smallest absolute Gasteiger partial charge is 0.307 e. The molecule has 0 spiro atoms. The van der Waals surface area contributed by atoms with Gasteiger partial charge in [-0.05, 0) is 67.5 Å². The maximum Gasteiger partial charge on any atom is 0.307 e. The molecule has 1 amide bonds. The number of ether oxygens (including phenoxy) is 1. The number of nitrogens with one attached hydrogen (secondary N) is 1. The number of amides is 1. The summed E-state index contributed by atoms with van der Waals surface area (Å²) in [5.74, 6) is -1.49. The van der Waals surface area contributed by atoms with Crippen molar-refractivity contribution >= 4 is 17.7 Å². The lowest BCUT2D eigenvalue weighted by Gasteiger charge is -2.16. The van der Waals surface area contributed by atoms with Crippen molar-refractivity contribution in [1.29, 1.82) is 0 Å². The monoisotopic (exact) mass is 411 g/mol. The van der Waals surface area contributed by atoms with E-state index in [4.69, 9.17) is 4.74 Å². The van der Waals surface area contributed by atoms with Crippen molar-refractivity contribution in [1.82, 2.24) is 5.32 Å². The van der Waals surface area contributed by atoms with E-state index in [9.17, 15) is 18.8 Å². The van der Waals surface area contributed by atoms with E-state index in [-0.39, 0.29) is 31.0 Å². The van der Waals surface area contributed by atoms with Crippen LogP contribution in [-0.4, -0.2) is 23.8 Å². The Hall–Kier alpha value is -3.02. The van der Waals surface area contributed by atoms with Crippen molar-refractivity contribution in [2.75, 3.05) is 0 Å². The number of esters is 1. The number of carbonyl (C=O) groups excluding carboxylic acids is 3. The van der Waals surface area contributed by atoms with Crippen LogP contribution in [0.15, 0.2) is 42.5 Å². The van der Waals surface area contributed by atoms with Crippen LogP contribution in [0.25, 0.3) is 0 Å². The molecule has 0 heterocycles. The molecule has 0 saturated heterocycles. The predicted octanol–water partition coefficient (Wildman–Crippen LogP) is 3.92. The highest BCUT2D eigenvalue weighted by atomic mass is 19.1. The minimum Gasteiger partial charge on any atom is -0.453 e. The summed E-state index contributed by atoms with van der Waals surface area (Å²) in [5, 5.41) is 2.64. The largest absolute Gasteiger partial charge is 0.453 e. The summed E-state index contributed by atoms with van der Waals surface area (Å²) < 4.78 is 18.0. The molecule has 0 fully saturated rings. The van der Waals surface area contributed by atoms with Gasteiger partial charge >= 0.3 is 5.97 Å². The first kappa shape index (κ1) is 21.7. The molecule has 0 bridgehead atoms. The number of ketones is 1. The highest BCUT2D eigenvalue weighted by Crippen LogP contribution is 2.23. The van der Waals surface area contributed by atoms with Gasteiger partial charge in [-0.3, -0.25) is 14.4 Å². The second kappa shape index (κ2) is 10.1. The van der Waals surface area contributed by atoms with Crippen LogP contribution in [0.3, 0.4) is 0 Å². The Morgan fingerprint density at radius 3 is 2.43 bits per heavy atom. The standard InChI is InChI=1S/C24H26FNO4/c1-16(24(29)26-15-17-6-10-21(25)11-7-17)30-23(28)13-12-22(27)20-9-8-18-4-2-3-5-19(18)14-20/h6-11,14,16H,2-5,12-13,15H2,1H3,(H,26,29)/t16-/m0/s1. The Bertz CT molecular complexity index is 923. The van der Waals surface area contributed by atoms with Gasteiger partial charge in [-0.15, -0.1) is 0 Å². The molecule has 0 aliphatic heterocycles. The zero-order valence-electron chi connectivity index (χ0n) is 17.1. The van der Waals surface area contributed by atoms with Crippen LogP contribution in [0.5, 0.6) is 0 Å². The summed E-state index contributed by atoms with van der Waals surface area (Å²) in [6, 6.07) is 11.5. The van der Waals surface area contributed by atoms with Crippen LogP contribution in [0.2, 0.25) is 0 Å². The molecular formula is C24H26FNO4. The van der Waals surface area contributed by atoms with Crippen molar-refractivity contribution < 1.29 is 23.5 Å². The van der Waals surface area contributed by atoms with Gasteiger partial charge in [-0.25, -0.2) is 4.39 Å². The van der Waals surface area contributed by atoms with Crippen LogP contribution in [0.1, 0.15) is 59.7 Å². The zero-order valence-corrected chi connectivity index (χ0v) is 17.1. The maximum atomic E-state index is 12.9. The number of hydrogen-bond donors (Lipinski definition) is 1. The van der Waals surface area contributed by atoms with Gasteiger partial charge in [0.05, 0.1) is 6.42 Å². The first-order chi connectivity index (χ1) is 14.4. The number of carbonyl (C=O) groups is 3. The highest BCUT2D eigenvalue weighted by molar-refractivity contribution is 5.98. The van der Waals surface area contributed by atoms with Gasteiger partial charge in [-0.1, -0.05) is 24.3 Å². The molecule has 1 N–H and O–H groups in total. The lowest BCUT2D eigenvalue weighted by Crippen LogP contribution is -2.35. The quantitative estimate of drug-likeness (QED) is 0.528. The number of halogens is 1. The van der Waals surface area contributed by atoms with Gasteiger partial charge < -0.3 is 10.1 Å². The van der Waals surface area contributed by atoms with Crippen molar-refractivity contribution in [2.24, 2.45) is 0 Å². The fourth-order valence-corrected chi connectivity index (χ4v) is 3.51. The number of aryl methyl sites for hydroxylation is 2. The van der Waals surface area contributed by atoms with E-state index in [1.807, 2.05) is 18.2 Å². The minimum atomic E-state index is -0.975. The molecule has 6 heteroatoms. The Kier molecular flexibility index (Phi) is 7.33. The fourth-order valence-electron chi connectivity index (χ4n) is 3.51. The van der Waals surface area contributed by atoms with Gasteiger partial charge in [-0.2, -0.15) is 0 Å². The number of Topliss-reactive ketones (excluding diaryl/α,β-unsaturated/α-hetero) is 1. The molecule has 158 valence electrons. The van der Waals surface area contributed by atoms with Crippen molar-refractivity contribution in [3.63, 3.8) is 0 Å². The van der Waals surface area contributed by atoms with Gasteiger partial charge in [0.2, 0.25) is 0 Å². The first-order valence-corrected chi connectivity index (χ1v) is 10.3. The Morgan fingerprint density at radius 2 is 1.70 bits per heavy atom. The van der Waals surface area contributed by atoms with E-state index in [1.54, 1.807) is 12.1 Å². The lowest BCUT2D eigenvalue weighted by atomic mass is 9.89. The van der Waals surface area contributed by atoms with Gasteiger partial charge in [0.1, 0.15) is 5.82 Å². The average molecular weight is 411 g/mol. The topological polar surface area (TPSA) is 72.5 Å². The molecule has 0 unspecified atom stereocenters. The second-order valence-electron chi connectivity index (χ2n) is 7.59. The number of hydrogen-bond acceptors (Lipinski definition) is 4. The summed E-state index contributed by atoms with van der Waals surface area (Å²) >= 11 is 0. The summed E-state index contributed by atoms with van der Waals surface area (Å²) in [6.07, 6.45) is 3.35. The Labute approximate surface area is 175 Å². The molecule has 0 saturated carbocycles. The fraction of sp³-hybridized carbons (Fsp3) is 0.375. The Morgan fingerprint density at radius 1 is 1.00 bits per heavy atom. The van der Waals surface area contributed by atoms with E-state index < -0.39 is 18.0 Å². The minimum absolute atomic E-state index is 0.0432. The van der Waals surface area contributed by atoms with E-state index in [1.165, 1.54) is 36.6 Å². The molecule has 1 aliphatic carbocycles. The molecule has 0 radical (unpaired) electrons. The van der Waals surface area contributed by atoms with Crippen LogP contribution in [-0.2, 0) is 33.7 Å². The molecule has 1 aliphatic rings. The number of benzene rings is 2. The second-order valence-corrected chi connectivity index (χ2v) is 7.59. The van der Waals surface area contributed by atoms with Crippen LogP contribution >= 0.6 is 0 Å². The van der Waals surface area contributed by atoms with Crippen molar-refractivity contribution in [3.05, 3.63) is 70.5 Å². The number of fused-ring (bicyclic) bond motifs is 1. The van der Waals surface area contributed by atoms with Crippen molar-refractivity contribution in [2.45, 2.75) is 58.1 Å². The summed E-state index contributed by atoms with van der Waals surface area (Å²) in [6.45, 7) is 1.68. The lowest BCUT2D eigenvalue weighted by molar-refractivity contribution is -0.154. The van der Waals surface area contributed by atoms with Crippen LogP contribution in [0, 0.1) is 5.82 Å². The van der Waals surface area contributed by atoms with E-state index in [0.29, 0.717) is 5.56 Å². The normalized spacial score (nSPS) is 13.8. The molecule has 2 aromatic carbocycles. The third-order valence-corrected chi connectivity index (χ3v) is 5.28. The molecule has 30 heavy (non-hydrogen) atoms. The molecule has 3 rings (SSSR count). The maximum absolute atomic E-state index is 12.9. The number of rotatable bonds is 8. The summed E-state index contributed by atoms with van der Waals surface area (Å²) in [7, 11) is 0. The van der Waals surface area contributed by atoms with Gasteiger partial charge in [0, 0.05) is 18.5 Å². The van der Waals surface area contributed by atoms with Crippen LogP contribution < -0.4 is 5.32 Å². The predicted molar refractivity (Wildman–Crippen MR) is 110 cm³/mol. The van der Waals surface area contributed by atoms with E-state index in [0.717, 1.165) is 24.8 Å². The third kappa shape index (κ3) is 5.99. The summed E-state index contributed by atoms with van der Waals surface area (Å²) in [4.78, 5) is 36.6. The zero-order chi connectivity index (χ0) is 21.5. The molecule has 0 aromatic heterocycles. The average Bonchev–Trinajstić information content (AvgIpc) is 2.76. The molecule has 1 atom stereocenters. The van der Waals surface area contributed by atoms with Gasteiger partial charge in [0.25, 0.3) is 5.91 Å². The SMILES string of the molecule is C[C@H](OC(=O)CCC(=O)c1ccc2c(c1)CCCC2)C(=O)NCc1ccc(F)cc1. The molecule has 2 aromatic rings. The highest BCUT2D eigenvalue weighted by Gasteiger charge is 2.19. The summed E-state index contributed by atoms with van der Waals surface area (Å²) in [5.41, 5.74) is 3.88.